The Bertz CT molecular complexity index is 511. The van der Waals surface area contributed by atoms with Crippen molar-refractivity contribution in [2.45, 2.75) is 6.54 Å². The molecule has 1 aromatic heterocycles. The molecule has 0 aliphatic rings. The Balaban J connectivity index is 2.13. The number of para-hydroxylation sites is 1. The molecule has 2 rings (SSSR count). The number of rotatable bonds is 3. The number of aromatic nitrogens is 1. The average Bonchev–Trinajstić information content (AvgIpc) is 2.28. The van der Waals surface area contributed by atoms with Crippen molar-refractivity contribution in [3.63, 3.8) is 0 Å². The highest BCUT2D eigenvalue weighted by Crippen LogP contribution is 2.18. The number of nitrogens with zero attached hydrogens (tertiary/aromatic N) is 1. The number of hydrogen-bond acceptors (Lipinski definition) is 2. The highest BCUT2D eigenvalue weighted by Gasteiger charge is 2.07. The molecule has 0 unspecified atom stereocenters. The first-order valence-electron chi connectivity index (χ1n) is 4.96. The molecule has 17 heavy (non-hydrogen) atoms. The molecular weight excluding hydrogens is 290 g/mol. The van der Waals surface area contributed by atoms with Crippen LogP contribution in [0.1, 0.15) is 5.69 Å². The third kappa shape index (κ3) is 3.00. The van der Waals surface area contributed by atoms with Crippen LogP contribution in [0.25, 0.3) is 0 Å². The molecule has 0 amide bonds. The zero-order valence-electron chi connectivity index (χ0n) is 8.75. The highest BCUT2D eigenvalue weighted by molar-refractivity contribution is 9.10. The minimum Gasteiger partial charge on any atom is -0.375 e. The summed E-state index contributed by atoms with van der Waals surface area (Å²) in [6.45, 7) is 0.261. The number of anilines is 1. The summed E-state index contributed by atoms with van der Waals surface area (Å²) < 4.78 is 27.3. The van der Waals surface area contributed by atoms with Crippen LogP contribution in [0, 0.1) is 11.6 Å². The third-order valence-electron chi connectivity index (χ3n) is 2.18. The first-order valence-corrected chi connectivity index (χ1v) is 5.75. The lowest BCUT2D eigenvalue weighted by molar-refractivity contribution is 0.588. The van der Waals surface area contributed by atoms with E-state index in [-0.39, 0.29) is 12.2 Å². The Morgan fingerprint density at radius 2 is 1.71 bits per heavy atom. The van der Waals surface area contributed by atoms with Gasteiger partial charge in [0.2, 0.25) is 0 Å². The third-order valence-corrected chi connectivity index (χ3v) is 2.62. The van der Waals surface area contributed by atoms with Crippen LogP contribution in [0.5, 0.6) is 0 Å². The van der Waals surface area contributed by atoms with Gasteiger partial charge in [0.25, 0.3) is 0 Å². The van der Waals surface area contributed by atoms with Crippen molar-refractivity contribution in [1.29, 1.82) is 0 Å². The SMILES string of the molecule is Fc1cccc(F)c1NCc1cccc(Br)n1. The van der Waals surface area contributed by atoms with Crippen LogP contribution in [0.4, 0.5) is 14.5 Å². The maximum absolute atomic E-state index is 13.3. The predicted octanol–water partition coefficient (Wildman–Crippen LogP) is 3.73. The quantitative estimate of drug-likeness (QED) is 0.873. The molecule has 5 heteroatoms. The molecule has 0 spiro atoms. The largest absolute Gasteiger partial charge is 0.375 e. The summed E-state index contributed by atoms with van der Waals surface area (Å²) in [4.78, 5) is 4.16. The van der Waals surface area contributed by atoms with Crippen molar-refractivity contribution in [1.82, 2.24) is 4.98 Å². The molecule has 1 heterocycles. The fourth-order valence-corrected chi connectivity index (χ4v) is 1.77. The van der Waals surface area contributed by atoms with Crippen molar-refractivity contribution in [2.24, 2.45) is 0 Å². The summed E-state index contributed by atoms with van der Waals surface area (Å²) in [6.07, 6.45) is 0. The van der Waals surface area contributed by atoms with Crippen molar-refractivity contribution in [2.75, 3.05) is 5.32 Å². The lowest BCUT2D eigenvalue weighted by Gasteiger charge is -2.08. The van der Waals surface area contributed by atoms with E-state index in [4.69, 9.17) is 0 Å². The van der Waals surface area contributed by atoms with Gasteiger partial charge in [0.05, 0.1) is 12.2 Å². The van der Waals surface area contributed by atoms with E-state index >= 15 is 0 Å². The molecule has 0 fully saturated rings. The fourth-order valence-electron chi connectivity index (χ4n) is 1.39. The van der Waals surface area contributed by atoms with Crippen LogP contribution < -0.4 is 5.32 Å². The fraction of sp³-hybridized carbons (Fsp3) is 0.0833. The van der Waals surface area contributed by atoms with Gasteiger partial charge in [-0.15, -0.1) is 0 Å². The van der Waals surface area contributed by atoms with E-state index < -0.39 is 11.6 Å². The lowest BCUT2D eigenvalue weighted by atomic mass is 10.2. The summed E-state index contributed by atoms with van der Waals surface area (Å²) >= 11 is 3.23. The zero-order valence-corrected chi connectivity index (χ0v) is 10.3. The van der Waals surface area contributed by atoms with E-state index in [1.165, 1.54) is 18.2 Å². The Morgan fingerprint density at radius 3 is 2.35 bits per heavy atom. The van der Waals surface area contributed by atoms with Gasteiger partial charge in [-0.1, -0.05) is 12.1 Å². The van der Waals surface area contributed by atoms with Crippen LogP contribution in [-0.4, -0.2) is 4.98 Å². The summed E-state index contributed by atoms with van der Waals surface area (Å²) in [5, 5.41) is 2.69. The van der Waals surface area contributed by atoms with Gasteiger partial charge in [-0.3, -0.25) is 0 Å². The second-order valence-corrected chi connectivity index (χ2v) is 4.21. The van der Waals surface area contributed by atoms with E-state index in [1.54, 1.807) is 12.1 Å². The highest BCUT2D eigenvalue weighted by atomic mass is 79.9. The number of nitrogens with one attached hydrogen (secondary N) is 1. The van der Waals surface area contributed by atoms with Crippen LogP contribution in [0.2, 0.25) is 0 Å². The predicted molar refractivity (Wildman–Crippen MR) is 65.6 cm³/mol. The monoisotopic (exact) mass is 298 g/mol. The van der Waals surface area contributed by atoms with E-state index in [0.29, 0.717) is 10.3 Å². The van der Waals surface area contributed by atoms with Gasteiger partial charge in [-0.25, -0.2) is 13.8 Å². The molecule has 2 nitrogen and oxygen atoms in total. The van der Waals surface area contributed by atoms with Crippen LogP contribution >= 0.6 is 15.9 Å². The van der Waals surface area contributed by atoms with Crippen molar-refractivity contribution in [3.8, 4) is 0 Å². The van der Waals surface area contributed by atoms with Crippen LogP contribution in [0.15, 0.2) is 41.0 Å². The summed E-state index contributed by atoms with van der Waals surface area (Å²) in [5.74, 6) is -1.22. The van der Waals surface area contributed by atoms with Crippen LogP contribution in [-0.2, 0) is 6.54 Å². The van der Waals surface area contributed by atoms with E-state index in [1.807, 2.05) is 6.07 Å². The van der Waals surface area contributed by atoms with Crippen molar-refractivity contribution >= 4 is 21.6 Å². The first-order chi connectivity index (χ1) is 8.16. The van der Waals surface area contributed by atoms with Crippen molar-refractivity contribution < 1.29 is 8.78 Å². The van der Waals surface area contributed by atoms with Gasteiger partial charge < -0.3 is 5.32 Å². The normalized spacial score (nSPS) is 10.3. The van der Waals surface area contributed by atoms with E-state index in [2.05, 4.69) is 26.2 Å². The molecule has 88 valence electrons. The molecule has 0 radical (unpaired) electrons. The molecule has 1 aromatic carbocycles. The Morgan fingerprint density at radius 1 is 1.06 bits per heavy atom. The smallest absolute Gasteiger partial charge is 0.149 e. The van der Waals surface area contributed by atoms with E-state index in [0.717, 1.165) is 0 Å². The average molecular weight is 299 g/mol. The first kappa shape index (κ1) is 12.0. The Labute approximate surface area is 106 Å². The van der Waals surface area contributed by atoms with Gasteiger partial charge in [0.15, 0.2) is 0 Å². The second kappa shape index (κ2) is 5.23. The minimum atomic E-state index is -0.611. The summed E-state index contributed by atoms with van der Waals surface area (Å²) in [7, 11) is 0. The Hall–Kier alpha value is -1.49. The molecule has 1 N–H and O–H groups in total. The van der Waals surface area contributed by atoms with Crippen LogP contribution in [0.3, 0.4) is 0 Å². The van der Waals surface area contributed by atoms with Gasteiger partial charge in [0, 0.05) is 0 Å². The molecule has 0 aliphatic heterocycles. The molecule has 0 aliphatic carbocycles. The van der Waals surface area contributed by atoms with Gasteiger partial charge in [-0.2, -0.15) is 0 Å². The molecular formula is C12H9BrF2N2. The maximum atomic E-state index is 13.3. The van der Waals surface area contributed by atoms with Crippen molar-refractivity contribution in [3.05, 3.63) is 58.3 Å². The summed E-state index contributed by atoms with van der Waals surface area (Å²) in [6, 6.07) is 9.11. The van der Waals surface area contributed by atoms with Gasteiger partial charge >= 0.3 is 0 Å². The Kier molecular flexibility index (Phi) is 3.68. The summed E-state index contributed by atoms with van der Waals surface area (Å²) in [5.41, 5.74) is 0.566. The molecule has 0 atom stereocenters. The number of halogens is 3. The van der Waals surface area contributed by atoms with Gasteiger partial charge in [0.1, 0.15) is 21.9 Å². The molecule has 2 aromatic rings. The second-order valence-electron chi connectivity index (χ2n) is 3.40. The molecule has 0 saturated carbocycles. The number of hydrogen-bond donors (Lipinski definition) is 1. The maximum Gasteiger partial charge on any atom is 0.149 e. The zero-order chi connectivity index (χ0) is 12.3. The standard InChI is InChI=1S/C12H9BrF2N2/c13-11-6-1-3-8(17-11)7-16-12-9(14)4-2-5-10(12)15/h1-6,16H,7H2. The number of pyridine rings is 1. The molecule has 0 saturated heterocycles. The van der Waals surface area contributed by atoms with Gasteiger partial charge in [-0.05, 0) is 40.2 Å². The number of benzene rings is 1. The molecule has 0 bridgehead atoms. The topological polar surface area (TPSA) is 24.9 Å². The lowest BCUT2D eigenvalue weighted by Crippen LogP contribution is -2.05. The van der Waals surface area contributed by atoms with E-state index in [9.17, 15) is 8.78 Å². The minimum absolute atomic E-state index is 0.130.